The van der Waals surface area contributed by atoms with E-state index in [4.69, 9.17) is 10.7 Å². The molecule has 0 unspecified atom stereocenters. The molecule has 0 amide bonds. The number of nitrogens with zero attached hydrogens (tertiary/aromatic N) is 2. The van der Waals surface area contributed by atoms with Gasteiger partial charge in [-0.15, -0.1) is 0 Å². The van der Waals surface area contributed by atoms with Gasteiger partial charge in [0.25, 0.3) is 0 Å². The molecule has 0 saturated heterocycles. The van der Waals surface area contributed by atoms with Gasteiger partial charge < -0.3 is 9.80 Å². The molecule has 6 heteroatoms. The first kappa shape index (κ1) is 12.5. The SMILES string of the molecule is CN1CCN(C)c2cc(CS(=O)(=O)Cl)ccc21. The van der Waals surface area contributed by atoms with Gasteiger partial charge in [-0.05, 0) is 17.7 Å². The Morgan fingerprint density at radius 1 is 1.18 bits per heavy atom. The zero-order chi connectivity index (χ0) is 12.6. The van der Waals surface area contributed by atoms with Crippen LogP contribution in [0.1, 0.15) is 5.56 Å². The Labute approximate surface area is 106 Å². The van der Waals surface area contributed by atoms with Gasteiger partial charge in [0.15, 0.2) is 0 Å². The molecule has 0 saturated carbocycles. The van der Waals surface area contributed by atoms with Crippen LogP contribution in [0.5, 0.6) is 0 Å². The number of likely N-dealkylation sites (N-methyl/N-ethyl adjacent to an activating group) is 2. The van der Waals surface area contributed by atoms with Crippen molar-refractivity contribution in [3.63, 3.8) is 0 Å². The molecule has 1 aliphatic heterocycles. The average molecular weight is 275 g/mol. The standard InChI is InChI=1S/C11H15ClN2O2S/c1-13-5-6-14(2)11-7-9(3-4-10(11)13)8-17(12,15)16/h3-4,7H,5-6,8H2,1-2H3. The van der Waals surface area contributed by atoms with E-state index in [1.165, 1.54) is 0 Å². The van der Waals surface area contributed by atoms with Crippen molar-refractivity contribution in [3.05, 3.63) is 23.8 Å². The second-order valence-electron chi connectivity index (χ2n) is 4.35. The summed E-state index contributed by atoms with van der Waals surface area (Å²) in [4.78, 5) is 4.29. The van der Waals surface area contributed by atoms with Crippen molar-refractivity contribution < 1.29 is 8.42 Å². The maximum atomic E-state index is 11.1. The molecule has 1 aliphatic rings. The molecule has 0 radical (unpaired) electrons. The molecule has 94 valence electrons. The highest BCUT2D eigenvalue weighted by Crippen LogP contribution is 2.32. The number of rotatable bonds is 2. The lowest BCUT2D eigenvalue weighted by atomic mass is 10.1. The van der Waals surface area contributed by atoms with E-state index >= 15 is 0 Å². The lowest BCUT2D eigenvalue weighted by Crippen LogP contribution is -2.36. The third kappa shape index (κ3) is 2.84. The summed E-state index contributed by atoms with van der Waals surface area (Å²) in [6, 6.07) is 5.65. The van der Waals surface area contributed by atoms with Crippen LogP contribution < -0.4 is 9.80 Å². The van der Waals surface area contributed by atoms with Crippen molar-refractivity contribution in [1.82, 2.24) is 0 Å². The molecule has 1 aromatic rings. The first-order valence-corrected chi connectivity index (χ1v) is 7.82. The summed E-state index contributed by atoms with van der Waals surface area (Å²) in [6.07, 6.45) is 0. The Morgan fingerprint density at radius 2 is 1.76 bits per heavy atom. The fourth-order valence-corrected chi connectivity index (χ4v) is 2.98. The van der Waals surface area contributed by atoms with Gasteiger partial charge in [-0.2, -0.15) is 0 Å². The average Bonchev–Trinajstić information content (AvgIpc) is 2.21. The Hall–Kier alpha value is -0.940. The van der Waals surface area contributed by atoms with E-state index in [0.717, 1.165) is 30.0 Å². The van der Waals surface area contributed by atoms with Crippen molar-refractivity contribution in [2.45, 2.75) is 5.75 Å². The minimum absolute atomic E-state index is 0.126. The molecule has 0 N–H and O–H groups in total. The van der Waals surface area contributed by atoms with Crippen molar-refractivity contribution in [1.29, 1.82) is 0 Å². The lowest BCUT2D eigenvalue weighted by Gasteiger charge is -2.35. The summed E-state index contributed by atoms with van der Waals surface area (Å²) < 4.78 is 22.1. The Balaban J connectivity index is 2.39. The summed E-state index contributed by atoms with van der Waals surface area (Å²) in [5, 5.41) is 0. The highest BCUT2D eigenvalue weighted by molar-refractivity contribution is 8.13. The predicted octanol–water partition coefficient (Wildman–Crippen LogP) is 1.64. The molecule has 1 aromatic carbocycles. The minimum atomic E-state index is -3.49. The largest absolute Gasteiger partial charge is 0.371 e. The second-order valence-corrected chi connectivity index (χ2v) is 7.13. The number of benzene rings is 1. The summed E-state index contributed by atoms with van der Waals surface area (Å²) in [5.74, 6) is -0.126. The predicted molar refractivity (Wildman–Crippen MR) is 71.5 cm³/mol. The van der Waals surface area contributed by atoms with E-state index in [1.54, 1.807) is 0 Å². The third-order valence-corrected chi connectivity index (χ3v) is 3.98. The summed E-state index contributed by atoms with van der Waals surface area (Å²) in [7, 11) is 5.81. The first-order chi connectivity index (χ1) is 7.87. The van der Waals surface area contributed by atoms with Crippen molar-refractivity contribution >= 4 is 31.1 Å². The molecule has 0 spiro atoms. The number of hydrogen-bond acceptors (Lipinski definition) is 4. The molecule has 0 aromatic heterocycles. The lowest BCUT2D eigenvalue weighted by molar-refractivity contribution is 0.609. The number of hydrogen-bond donors (Lipinski definition) is 0. The zero-order valence-corrected chi connectivity index (χ0v) is 11.4. The highest BCUT2D eigenvalue weighted by Gasteiger charge is 2.18. The fraction of sp³-hybridized carbons (Fsp3) is 0.455. The molecule has 2 rings (SSSR count). The molecule has 1 heterocycles. The molecule has 0 atom stereocenters. The van der Waals surface area contributed by atoms with Gasteiger partial charge in [0.2, 0.25) is 9.05 Å². The van der Waals surface area contributed by atoms with Gasteiger partial charge in [-0.1, -0.05) is 6.07 Å². The van der Waals surface area contributed by atoms with Crippen LogP contribution in [-0.4, -0.2) is 35.6 Å². The summed E-state index contributed by atoms with van der Waals surface area (Å²) in [6.45, 7) is 1.90. The van der Waals surface area contributed by atoms with Crippen LogP contribution in [0.25, 0.3) is 0 Å². The topological polar surface area (TPSA) is 40.6 Å². The summed E-state index contributed by atoms with van der Waals surface area (Å²) >= 11 is 0. The molecule has 0 aliphatic carbocycles. The smallest absolute Gasteiger partial charge is 0.236 e. The Kier molecular flexibility index (Phi) is 3.23. The molecule has 0 bridgehead atoms. The Morgan fingerprint density at radius 3 is 2.35 bits per heavy atom. The maximum Gasteiger partial charge on any atom is 0.236 e. The van der Waals surface area contributed by atoms with E-state index in [9.17, 15) is 8.42 Å². The maximum absolute atomic E-state index is 11.1. The molecular weight excluding hydrogens is 260 g/mol. The van der Waals surface area contributed by atoms with E-state index in [-0.39, 0.29) is 5.75 Å². The first-order valence-electron chi connectivity index (χ1n) is 5.34. The van der Waals surface area contributed by atoms with Crippen LogP contribution in [-0.2, 0) is 14.8 Å². The van der Waals surface area contributed by atoms with Gasteiger partial charge >= 0.3 is 0 Å². The quantitative estimate of drug-likeness (QED) is 0.769. The minimum Gasteiger partial charge on any atom is -0.371 e. The van der Waals surface area contributed by atoms with E-state index in [1.807, 2.05) is 32.3 Å². The fourth-order valence-electron chi connectivity index (χ4n) is 2.03. The zero-order valence-electron chi connectivity index (χ0n) is 9.85. The van der Waals surface area contributed by atoms with Gasteiger partial charge in [-0.3, -0.25) is 0 Å². The van der Waals surface area contributed by atoms with Gasteiger partial charge in [0.1, 0.15) is 0 Å². The van der Waals surface area contributed by atoms with E-state index in [2.05, 4.69) is 9.80 Å². The van der Waals surface area contributed by atoms with Crippen LogP contribution in [0.2, 0.25) is 0 Å². The van der Waals surface area contributed by atoms with Gasteiger partial charge in [-0.25, -0.2) is 8.42 Å². The molecular formula is C11H15ClN2O2S. The van der Waals surface area contributed by atoms with Crippen LogP contribution in [0.4, 0.5) is 11.4 Å². The van der Waals surface area contributed by atoms with Crippen LogP contribution in [0.15, 0.2) is 18.2 Å². The molecule has 17 heavy (non-hydrogen) atoms. The third-order valence-electron chi connectivity index (χ3n) is 2.97. The number of anilines is 2. The van der Waals surface area contributed by atoms with Crippen LogP contribution >= 0.6 is 10.7 Å². The van der Waals surface area contributed by atoms with E-state index in [0.29, 0.717) is 0 Å². The normalized spacial score (nSPS) is 15.9. The van der Waals surface area contributed by atoms with Crippen molar-refractivity contribution in [2.75, 3.05) is 37.0 Å². The summed E-state index contributed by atoms with van der Waals surface area (Å²) in [5.41, 5.74) is 2.90. The van der Waals surface area contributed by atoms with Gasteiger partial charge in [0.05, 0.1) is 17.1 Å². The highest BCUT2D eigenvalue weighted by atomic mass is 35.7. The molecule has 0 fully saturated rings. The monoisotopic (exact) mass is 274 g/mol. The van der Waals surface area contributed by atoms with Crippen LogP contribution in [0, 0.1) is 0 Å². The van der Waals surface area contributed by atoms with Gasteiger partial charge in [0, 0.05) is 37.9 Å². The second kappa shape index (κ2) is 4.38. The van der Waals surface area contributed by atoms with Crippen molar-refractivity contribution in [3.8, 4) is 0 Å². The number of fused-ring (bicyclic) bond motifs is 1. The van der Waals surface area contributed by atoms with E-state index < -0.39 is 9.05 Å². The number of halogens is 1. The molecule has 4 nitrogen and oxygen atoms in total. The Bertz CT molecular complexity index is 530. The van der Waals surface area contributed by atoms with Crippen molar-refractivity contribution in [2.24, 2.45) is 0 Å². The van der Waals surface area contributed by atoms with Crippen LogP contribution in [0.3, 0.4) is 0 Å².